The molecule has 31 heavy (non-hydrogen) atoms. The summed E-state index contributed by atoms with van der Waals surface area (Å²) in [5, 5.41) is 20.6. The number of aliphatic hydroxyl groups excluding tert-OH is 1. The minimum absolute atomic E-state index is 0.123. The van der Waals surface area contributed by atoms with Gasteiger partial charge in [-0.15, -0.1) is 0 Å². The molecule has 0 aliphatic carbocycles. The third-order valence-electron chi connectivity index (χ3n) is 4.44. The maximum atomic E-state index is 13.0. The van der Waals surface area contributed by atoms with Crippen molar-refractivity contribution < 1.29 is 28.8 Å². The van der Waals surface area contributed by atoms with Crippen LogP contribution in [0.15, 0.2) is 27.9 Å². The van der Waals surface area contributed by atoms with Gasteiger partial charge in [0.05, 0.1) is 17.7 Å². The first kappa shape index (κ1) is 22.3. The molecule has 0 bridgehead atoms. The van der Waals surface area contributed by atoms with Crippen LogP contribution in [-0.4, -0.2) is 33.6 Å². The molecule has 1 aliphatic rings. The predicted octanol–water partition coefficient (Wildman–Crippen LogP) is 2.47. The fourth-order valence-corrected chi connectivity index (χ4v) is 3.26. The number of hydrogen-bond acceptors (Lipinski definition) is 8. The van der Waals surface area contributed by atoms with E-state index < -0.39 is 29.8 Å². The number of amides is 1. The molecular weight excluding hydrogens is 404 g/mol. The molecule has 166 valence electrons. The molecule has 2 aromatic rings. The van der Waals surface area contributed by atoms with Gasteiger partial charge in [-0.3, -0.25) is 9.59 Å². The topological polar surface area (TPSA) is 149 Å². The van der Waals surface area contributed by atoms with Crippen molar-refractivity contribution in [1.82, 2.24) is 10.5 Å². The number of fused-ring (bicyclic) bond motifs is 3. The van der Waals surface area contributed by atoms with Gasteiger partial charge in [0, 0.05) is 11.1 Å². The second-order valence-corrected chi connectivity index (χ2v) is 8.32. The van der Waals surface area contributed by atoms with Crippen LogP contribution in [0, 0.1) is 6.92 Å². The van der Waals surface area contributed by atoms with E-state index in [0.29, 0.717) is 28.1 Å². The highest BCUT2D eigenvalue weighted by molar-refractivity contribution is 6.03. The van der Waals surface area contributed by atoms with Crippen LogP contribution in [-0.2, 0) is 14.4 Å². The van der Waals surface area contributed by atoms with Crippen LogP contribution in [0.5, 0.6) is 0 Å². The van der Waals surface area contributed by atoms with Crippen LogP contribution < -0.4 is 11.1 Å². The summed E-state index contributed by atoms with van der Waals surface area (Å²) in [6, 6.07) is 3.99. The fourth-order valence-electron chi connectivity index (χ4n) is 3.26. The van der Waals surface area contributed by atoms with Gasteiger partial charge < -0.3 is 30.3 Å². The lowest BCUT2D eigenvalue weighted by atomic mass is 9.95. The van der Waals surface area contributed by atoms with E-state index in [1.807, 2.05) is 0 Å². The normalized spacial score (nSPS) is 17.2. The molecule has 0 spiro atoms. The monoisotopic (exact) mass is 430 g/mol. The molecule has 0 fully saturated rings. The summed E-state index contributed by atoms with van der Waals surface area (Å²) in [4.78, 5) is 30.3. The first-order valence-electron chi connectivity index (χ1n) is 9.73. The first-order valence-corrected chi connectivity index (χ1v) is 9.73. The largest absolute Gasteiger partial charge is 0.460 e. The van der Waals surface area contributed by atoms with Crippen LogP contribution in [0.1, 0.15) is 73.8 Å². The summed E-state index contributed by atoms with van der Waals surface area (Å²) in [7, 11) is 0. The van der Waals surface area contributed by atoms with Gasteiger partial charge in [0.15, 0.2) is 5.76 Å². The number of benzene rings is 1. The highest BCUT2D eigenvalue weighted by Crippen LogP contribution is 2.39. The fraction of sp³-hybridized carbons (Fsp3) is 0.429. The number of rotatable bonds is 5. The number of nitrogens with one attached hydrogen (secondary N) is 1. The number of esters is 1. The van der Waals surface area contributed by atoms with Crippen LogP contribution in [0.2, 0.25) is 0 Å². The number of aromatic nitrogens is 1. The summed E-state index contributed by atoms with van der Waals surface area (Å²) in [6.45, 7) is 8.56. The van der Waals surface area contributed by atoms with Gasteiger partial charge in [0.2, 0.25) is 0 Å². The molecule has 10 nitrogen and oxygen atoms in total. The van der Waals surface area contributed by atoms with E-state index in [1.54, 1.807) is 39.8 Å². The smallest absolute Gasteiger partial charge is 0.308 e. The zero-order chi connectivity index (χ0) is 22.9. The highest BCUT2D eigenvalue weighted by Gasteiger charge is 2.34. The molecule has 1 aromatic carbocycles. The molecule has 3 rings (SSSR count). The summed E-state index contributed by atoms with van der Waals surface area (Å²) in [5.41, 5.74) is 7.07. The zero-order valence-corrected chi connectivity index (χ0v) is 18.1. The molecule has 2 heterocycles. The van der Waals surface area contributed by atoms with E-state index in [9.17, 15) is 14.7 Å². The van der Waals surface area contributed by atoms with Crippen molar-refractivity contribution in [2.75, 3.05) is 0 Å². The van der Waals surface area contributed by atoms with Gasteiger partial charge in [-0.1, -0.05) is 22.4 Å². The van der Waals surface area contributed by atoms with Crippen molar-refractivity contribution >= 4 is 17.7 Å². The number of hydrogen-bond donors (Lipinski definition) is 3. The Balaban J connectivity index is 1.97. The molecule has 10 heteroatoms. The van der Waals surface area contributed by atoms with Gasteiger partial charge in [0.1, 0.15) is 17.5 Å². The molecule has 2 atom stereocenters. The number of nitrogens with zero attached hydrogens (tertiary/aromatic N) is 2. The van der Waals surface area contributed by atoms with Crippen molar-refractivity contribution in [3.05, 3.63) is 40.8 Å². The summed E-state index contributed by atoms with van der Waals surface area (Å²) >= 11 is 0. The van der Waals surface area contributed by atoms with E-state index in [2.05, 4.69) is 15.6 Å². The van der Waals surface area contributed by atoms with Crippen molar-refractivity contribution in [3.8, 4) is 11.1 Å². The molecule has 0 saturated carbocycles. The van der Waals surface area contributed by atoms with Gasteiger partial charge in [-0.05, 0) is 46.2 Å². The van der Waals surface area contributed by atoms with Crippen molar-refractivity contribution in [3.63, 3.8) is 0 Å². The van der Waals surface area contributed by atoms with Crippen molar-refractivity contribution in [2.24, 2.45) is 10.9 Å². The first-order chi connectivity index (χ1) is 14.5. The number of aliphatic hydroxyl groups is 1. The SMILES string of the molecule is C/C(N)=N/OC(O)c1ccc2c(c1)C(=O)N[C@@H](CC(=O)OC(C)(C)C)c1onc(C)c1-2. The van der Waals surface area contributed by atoms with Gasteiger partial charge in [-0.2, -0.15) is 0 Å². The quantitative estimate of drug-likeness (QED) is 0.215. The summed E-state index contributed by atoms with van der Waals surface area (Å²) in [6.07, 6.45) is -1.54. The Morgan fingerprint density at radius 3 is 2.74 bits per heavy atom. The van der Waals surface area contributed by atoms with Gasteiger partial charge >= 0.3 is 5.97 Å². The lowest BCUT2D eigenvalue weighted by Crippen LogP contribution is -2.31. The number of nitrogens with two attached hydrogens (primary N) is 1. The second kappa shape index (κ2) is 8.38. The Morgan fingerprint density at radius 2 is 2.10 bits per heavy atom. The zero-order valence-electron chi connectivity index (χ0n) is 18.1. The third-order valence-corrected chi connectivity index (χ3v) is 4.44. The van der Waals surface area contributed by atoms with E-state index in [1.165, 1.54) is 13.0 Å². The summed E-state index contributed by atoms with van der Waals surface area (Å²) < 4.78 is 10.9. The molecule has 1 amide bonds. The van der Waals surface area contributed by atoms with E-state index in [0.717, 1.165) is 0 Å². The van der Waals surface area contributed by atoms with Crippen LogP contribution in [0.3, 0.4) is 0 Å². The van der Waals surface area contributed by atoms with E-state index >= 15 is 0 Å². The minimum Gasteiger partial charge on any atom is -0.460 e. The van der Waals surface area contributed by atoms with Crippen LogP contribution in [0.25, 0.3) is 11.1 Å². The minimum atomic E-state index is -1.42. The number of ether oxygens (including phenoxy) is 1. The second-order valence-electron chi connectivity index (χ2n) is 8.32. The molecular formula is C21H26N4O6. The van der Waals surface area contributed by atoms with Crippen LogP contribution in [0.4, 0.5) is 0 Å². The highest BCUT2D eigenvalue weighted by atomic mass is 16.7. The van der Waals surface area contributed by atoms with Crippen molar-refractivity contribution in [1.29, 1.82) is 0 Å². The summed E-state index contributed by atoms with van der Waals surface area (Å²) in [5.74, 6) is -0.421. The van der Waals surface area contributed by atoms with E-state index in [-0.39, 0.29) is 17.8 Å². The maximum Gasteiger partial charge on any atom is 0.308 e. The Morgan fingerprint density at radius 1 is 1.39 bits per heavy atom. The molecule has 0 saturated heterocycles. The Kier molecular flexibility index (Phi) is 6.03. The van der Waals surface area contributed by atoms with Crippen molar-refractivity contribution in [2.45, 2.75) is 59.0 Å². The maximum absolute atomic E-state index is 13.0. The number of carbonyl (C=O) groups is 2. The Labute approximate surface area is 179 Å². The average molecular weight is 430 g/mol. The molecule has 1 aliphatic heterocycles. The number of oxime groups is 1. The van der Waals surface area contributed by atoms with Gasteiger partial charge in [0.25, 0.3) is 12.2 Å². The molecule has 1 unspecified atom stereocenters. The van der Waals surface area contributed by atoms with Crippen LogP contribution >= 0.6 is 0 Å². The molecule has 0 radical (unpaired) electrons. The lowest BCUT2D eigenvalue weighted by molar-refractivity contribution is -0.155. The Hall–Kier alpha value is -3.40. The lowest BCUT2D eigenvalue weighted by Gasteiger charge is -2.21. The Bertz CT molecular complexity index is 1030. The molecule has 4 N–H and O–H groups in total. The van der Waals surface area contributed by atoms with E-state index in [4.69, 9.17) is 19.8 Å². The van der Waals surface area contributed by atoms with Gasteiger partial charge in [-0.25, -0.2) is 0 Å². The standard InChI is InChI=1S/C21H26N4O6/c1-10-17-13-7-6-12(20(28)31-25-11(2)22)8-14(13)19(27)23-15(18(17)30-24-10)9-16(26)29-21(3,4)5/h6-8,15,20,28H,9H2,1-5H3,(H2,22,25)(H,23,27)/t15-,20?/m0/s1. The third kappa shape index (κ3) is 5.02. The number of aryl methyl sites for hydroxylation is 1. The average Bonchev–Trinajstić information content (AvgIpc) is 2.99. The number of carbonyl (C=O) groups excluding carboxylic acids is 2. The molecule has 1 aromatic heterocycles. The predicted molar refractivity (Wildman–Crippen MR) is 111 cm³/mol. The number of amidine groups is 1.